The molecule has 0 radical (unpaired) electrons. The minimum absolute atomic E-state index is 0.0768. The monoisotopic (exact) mass is 452 g/mol. The molecule has 1 aliphatic rings. The summed E-state index contributed by atoms with van der Waals surface area (Å²) >= 11 is 1.54. The Labute approximate surface area is 194 Å². The number of carbonyl (C=O) groups is 1. The summed E-state index contributed by atoms with van der Waals surface area (Å²) in [5, 5.41) is 13.4. The summed E-state index contributed by atoms with van der Waals surface area (Å²) in [7, 11) is 0. The van der Waals surface area contributed by atoms with Crippen LogP contribution in [0.25, 0.3) is 5.13 Å². The lowest BCUT2D eigenvalue weighted by Crippen LogP contribution is -2.34. The van der Waals surface area contributed by atoms with E-state index in [9.17, 15) is 4.79 Å². The molecular weight excluding hydrogens is 420 g/mol. The van der Waals surface area contributed by atoms with Crippen molar-refractivity contribution < 1.29 is 4.79 Å². The maximum absolute atomic E-state index is 12.8. The van der Waals surface area contributed by atoms with Gasteiger partial charge in [-0.25, -0.2) is 0 Å². The standard InChI is InChI=1S/C24H32N6OS/c1-19(2)29(18-20-10-4-3-5-11-20)16-9-13-25-22(31)21-12-8-17-30(21)24-27-26-23(32-24)28-14-6-7-15-28/h3-5,8,10-12,17,19H,6-7,9,13-16,18H2,1-2H3,(H,25,31). The Morgan fingerprint density at radius 3 is 2.59 bits per heavy atom. The van der Waals surface area contributed by atoms with Gasteiger partial charge in [0.15, 0.2) is 0 Å². The molecule has 1 aliphatic heterocycles. The maximum Gasteiger partial charge on any atom is 0.268 e. The Balaban J connectivity index is 1.30. The van der Waals surface area contributed by atoms with E-state index in [0.717, 1.165) is 42.9 Å². The van der Waals surface area contributed by atoms with Gasteiger partial charge < -0.3 is 10.2 Å². The van der Waals surface area contributed by atoms with Crippen molar-refractivity contribution >= 4 is 22.4 Å². The fourth-order valence-corrected chi connectivity index (χ4v) is 4.88. The lowest BCUT2D eigenvalue weighted by atomic mass is 10.2. The largest absolute Gasteiger partial charge is 0.351 e. The van der Waals surface area contributed by atoms with Crippen LogP contribution in [0.4, 0.5) is 5.13 Å². The Morgan fingerprint density at radius 1 is 1.09 bits per heavy atom. The molecule has 0 atom stereocenters. The first-order chi connectivity index (χ1) is 15.6. The van der Waals surface area contributed by atoms with Crippen LogP contribution in [0, 0.1) is 0 Å². The van der Waals surface area contributed by atoms with Gasteiger partial charge in [-0.2, -0.15) is 0 Å². The van der Waals surface area contributed by atoms with Gasteiger partial charge >= 0.3 is 0 Å². The molecule has 32 heavy (non-hydrogen) atoms. The number of aromatic nitrogens is 3. The number of rotatable bonds is 10. The van der Waals surface area contributed by atoms with Gasteiger partial charge in [-0.3, -0.25) is 14.3 Å². The minimum atomic E-state index is -0.0768. The van der Waals surface area contributed by atoms with Crippen molar-refractivity contribution in [2.45, 2.75) is 45.7 Å². The molecule has 0 saturated carbocycles. The van der Waals surface area contributed by atoms with Gasteiger partial charge in [0.1, 0.15) is 5.69 Å². The summed E-state index contributed by atoms with van der Waals surface area (Å²) in [5.74, 6) is -0.0768. The van der Waals surface area contributed by atoms with Crippen molar-refractivity contribution in [1.82, 2.24) is 25.0 Å². The van der Waals surface area contributed by atoms with Crippen molar-refractivity contribution in [2.75, 3.05) is 31.1 Å². The normalized spacial score (nSPS) is 13.9. The average molecular weight is 453 g/mol. The maximum atomic E-state index is 12.8. The van der Waals surface area contributed by atoms with Crippen LogP contribution in [0.3, 0.4) is 0 Å². The molecule has 1 saturated heterocycles. The topological polar surface area (TPSA) is 66.3 Å². The second-order valence-electron chi connectivity index (χ2n) is 8.48. The molecule has 3 aromatic rings. The molecular formula is C24H32N6OS. The van der Waals surface area contributed by atoms with Crippen LogP contribution in [0.1, 0.15) is 49.2 Å². The molecule has 1 aromatic carbocycles. The van der Waals surface area contributed by atoms with Crippen LogP contribution in [0.15, 0.2) is 48.7 Å². The Kier molecular flexibility index (Phi) is 7.55. The zero-order valence-electron chi connectivity index (χ0n) is 18.9. The summed E-state index contributed by atoms with van der Waals surface area (Å²) in [6, 6.07) is 14.7. The van der Waals surface area contributed by atoms with Crippen molar-refractivity contribution in [2.24, 2.45) is 0 Å². The Hall–Kier alpha value is -2.71. The molecule has 3 heterocycles. The van der Waals surface area contributed by atoms with Crippen LogP contribution in [-0.4, -0.2) is 57.8 Å². The van der Waals surface area contributed by atoms with E-state index in [1.54, 1.807) is 0 Å². The molecule has 7 nitrogen and oxygen atoms in total. The highest BCUT2D eigenvalue weighted by Gasteiger charge is 2.19. The van der Waals surface area contributed by atoms with E-state index in [0.29, 0.717) is 18.3 Å². The lowest BCUT2D eigenvalue weighted by Gasteiger charge is -2.26. The third-order valence-corrected chi connectivity index (χ3v) is 6.82. The van der Waals surface area contributed by atoms with Gasteiger partial charge in [0, 0.05) is 45.0 Å². The highest BCUT2D eigenvalue weighted by atomic mass is 32.1. The molecule has 8 heteroatoms. The lowest BCUT2D eigenvalue weighted by molar-refractivity contribution is 0.0944. The molecule has 1 N–H and O–H groups in total. The van der Waals surface area contributed by atoms with Gasteiger partial charge in [0.05, 0.1) is 0 Å². The van der Waals surface area contributed by atoms with Crippen molar-refractivity contribution in [1.29, 1.82) is 0 Å². The molecule has 4 rings (SSSR count). The van der Waals surface area contributed by atoms with E-state index in [4.69, 9.17) is 0 Å². The number of amides is 1. The number of hydrogen-bond donors (Lipinski definition) is 1. The van der Waals surface area contributed by atoms with E-state index >= 15 is 0 Å². The van der Waals surface area contributed by atoms with Gasteiger partial charge in [-0.05, 0) is 50.8 Å². The number of nitrogens with one attached hydrogen (secondary N) is 1. The Bertz CT molecular complexity index is 993. The molecule has 2 aromatic heterocycles. The number of anilines is 1. The first-order valence-electron chi connectivity index (χ1n) is 11.4. The SMILES string of the molecule is CC(C)N(CCCNC(=O)c1cccn1-c1nnc(N2CCCC2)s1)Cc1ccccc1. The van der Waals surface area contributed by atoms with E-state index < -0.39 is 0 Å². The number of hydrogen-bond acceptors (Lipinski definition) is 6. The molecule has 0 spiro atoms. The number of carbonyl (C=O) groups excluding carboxylic acids is 1. The second-order valence-corrected chi connectivity index (χ2v) is 9.42. The van der Waals surface area contributed by atoms with Gasteiger partial charge in [0.2, 0.25) is 10.3 Å². The summed E-state index contributed by atoms with van der Waals surface area (Å²) < 4.78 is 1.84. The molecule has 0 unspecified atom stereocenters. The van der Waals surface area contributed by atoms with Gasteiger partial charge in [-0.1, -0.05) is 41.7 Å². The van der Waals surface area contributed by atoms with Gasteiger partial charge in [-0.15, -0.1) is 10.2 Å². The van der Waals surface area contributed by atoms with Crippen molar-refractivity contribution in [3.05, 3.63) is 59.9 Å². The molecule has 1 fully saturated rings. The molecule has 170 valence electrons. The first-order valence-corrected chi connectivity index (χ1v) is 12.3. The highest BCUT2D eigenvalue weighted by molar-refractivity contribution is 7.17. The van der Waals surface area contributed by atoms with Crippen molar-refractivity contribution in [3.8, 4) is 5.13 Å². The zero-order valence-corrected chi connectivity index (χ0v) is 19.7. The number of nitrogens with zero attached hydrogens (tertiary/aromatic N) is 5. The van der Waals surface area contributed by atoms with E-state index in [2.05, 4.69) is 63.4 Å². The van der Waals surface area contributed by atoms with E-state index in [-0.39, 0.29) is 5.91 Å². The average Bonchev–Trinajstić information content (AvgIpc) is 3.56. The van der Waals surface area contributed by atoms with Crippen LogP contribution in [0.2, 0.25) is 0 Å². The number of benzene rings is 1. The zero-order chi connectivity index (χ0) is 22.3. The minimum Gasteiger partial charge on any atom is -0.351 e. The summed E-state index contributed by atoms with van der Waals surface area (Å²) in [6.45, 7) is 8.99. The van der Waals surface area contributed by atoms with Crippen molar-refractivity contribution in [3.63, 3.8) is 0 Å². The van der Waals surface area contributed by atoms with Crippen LogP contribution >= 0.6 is 11.3 Å². The smallest absolute Gasteiger partial charge is 0.268 e. The van der Waals surface area contributed by atoms with Crippen LogP contribution in [0.5, 0.6) is 0 Å². The predicted octanol–water partition coefficient (Wildman–Crippen LogP) is 3.96. The van der Waals surface area contributed by atoms with E-state index in [1.165, 1.54) is 29.7 Å². The fourth-order valence-electron chi connectivity index (χ4n) is 3.99. The predicted molar refractivity (Wildman–Crippen MR) is 130 cm³/mol. The molecule has 0 aliphatic carbocycles. The summed E-state index contributed by atoms with van der Waals surface area (Å²) in [4.78, 5) is 17.5. The van der Waals surface area contributed by atoms with Gasteiger partial charge in [0.25, 0.3) is 5.91 Å². The third-order valence-electron chi connectivity index (χ3n) is 5.83. The van der Waals surface area contributed by atoms with Crippen LogP contribution < -0.4 is 10.2 Å². The fraction of sp³-hybridized carbons (Fsp3) is 0.458. The highest BCUT2D eigenvalue weighted by Crippen LogP contribution is 2.27. The quantitative estimate of drug-likeness (QED) is 0.472. The third kappa shape index (κ3) is 5.55. The summed E-state index contributed by atoms with van der Waals surface area (Å²) in [6.07, 6.45) is 5.18. The molecule has 1 amide bonds. The Morgan fingerprint density at radius 2 is 1.84 bits per heavy atom. The van der Waals surface area contributed by atoms with Crippen LogP contribution in [-0.2, 0) is 6.54 Å². The first kappa shape index (κ1) is 22.5. The molecule has 0 bridgehead atoms. The second kappa shape index (κ2) is 10.7. The van der Waals surface area contributed by atoms with E-state index in [1.807, 2.05) is 29.0 Å². The summed E-state index contributed by atoms with van der Waals surface area (Å²) in [5.41, 5.74) is 1.91.